The van der Waals surface area contributed by atoms with Crippen LogP contribution in [0.2, 0.25) is 0 Å². The van der Waals surface area contributed by atoms with Crippen LogP contribution in [0.5, 0.6) is 0 Å². The molecule has 0 aromatic carbocycles. The van der Waals surface area contributed by atoms with Gasteiger partial charge in [0.25, 0.3) is 0 Å². The average Bonchev–Trinajstić information content (AvgIpc) is 3.76. The zero-order valence-electron chi connectivity index (χ0n) is 44.2. The highest BCUT2D eigenvalue weighted by Gasteiger charge is 2.51. The molecule has 6 saturated carbocycles. The maximum Gasteiger partial charge on any atom is 0.0598 e. The lowest BCUT2D eigenvalue weighted by Gasteiger charge is -2.44. The SMILES string of the molecule is C=C1/C(=C\C=C2/CCC[C@]3(C)[C@@H]([C@H](C)CCCC(C)(C)C)CC[C@@H]23)C[C@@H](C)C[C@@H]1C.C=C1/C(=C\C=C2/CCC[C@]3(C)[C@@H]([C@H](C)CCCC(C)(C)O)CC[C@@H]23)C[C@@H](O)C[C@@H]1NCCCC. The van der Waals surface area contributed by atoms with E-state index in [4.69, 9.17) is 0 Å². The van der Waals surface area contributed by atoms with Crippen molar-refractivity contribution < 1.29 is 10.2 Å². The standard InChI is InChI=1S/C31H53NO2.C30H50/c1-7-8-19-32-29-21-26(33)20-25(23(29)3)14-13-24-12-10-18-31(6)27(15-16-28(24)31)22(2)11-9-17-30(4,5)34;1-21-19-23(3)24(4)26(20-21)14-13-25-12-10-18-30(8)27(15-16-28(25)30)22(2)11-9-17-29(5,6)7/h13-14,22,26-29,32-34H,3,7-12,15-21H2,1-2,4-6H3;13-14,21-23,27-28H,4,9-12,15-20H2,1-3,5-8H3/b24-13+,25-14-;25-13+,26-14-/t22-,26-,27-,28+,29+,31-;21-,22+,23-,27+,28-,30+/m10/s1. The van der Waals surface area contributed by atoms with E-state index in [0.29, 0.717) is 28.1 Å². The first-order chi connectivity index (χ1) is 30.1. The van der Waals surface area contributed by atoms with Crippen molar-refractivity contribution in [2.24, 2.45) is 63.6 Å². The van der Waals surface area contributed by atoms with E-state index in [1.807, 2.05) is 13.8 Å². The molecule has 3 N–H and O–H groups in total. The van der Waals surface area contributed by atoms with Crippen molar-refractivity contribution in [3.63, 3.8) is 0 Å². The van der Waals surface area contributed by atoms with Crippen molar-refractivity contribution in [2.45, 2.75) is 242 Å². The monoisotopic (exact) mass is 882 g/mol. The number of nitrogens with one attached hydrogen (secondary N) is 1. The highest BCUT2D eigenvalue weighted by Crippen LogP contribution is 2.61. The molecular weight excluding hydrogens is 779 g/mol. The van der Waals surface area contributed by atoms with Gasteiger partial charge >= 0.3 is 0 Å². The summed E-state index contributed by atoms with van der Waals surface area (Å²) in [4.78, 5) is 0. The lowest BCUT2D eigenvalue weighted by Crippen LogP contribution is -2.39. The predicted molar refractivity (Wildman–Crippen MR) is 278 cm³/mol. The van der Waals surface area contributed by atoms with E-state index in [-0.39, 0.29) is 12.1 Å². The van der Waals surface area contributed by atoms with Crippen molar-refractivity contribution in [3.8, 4) is 0 Å². The Hall–Kier alpha value is -1.68. The average molecular weight is 882 g/mol. The van der Waals surface area contributed by atoms with Crippen LogP contribution in [-0.2, 0) is 0 Å². The minimum absolute atomic E-state index is 0.206. The minimum atomic E-state index is -0.544. The maximum atomic E-state index is 10.5. The molecule has 6 aliphatic carbocycles. The third-order valence-corrected chi connectivity index (χ3v) is 18.5. The minimum Gasteiger partial charge on any atom is -0.393 e. The molecule has 64 heavy (non-hydrogen) atoms. The molecule has 12 atom stereocenters. The smallest absolute Gasteiger partial charge is 0.0598 e. The summed E-state index contributed by atoms with van der Waals surface area (Å²) in [6, 6.07) is 0.206. The Kier molecular flexibility index (Phi) is 19.2. The van der Waals surface area contributed by atoms with Crippen molar-refractivity contribution in [3.05, 3.63) is 70.9 Å². The largest absolute Gasteiger partial charge is 0.393 e. The Morgan fingerprint density at radius 3 is 1.73 bits per heavy atom. The first kappa shape index (κ1) is 53.3. The van der Waals surface area contributed by atoms with Gasteiger partial charge in [-0.2, -0.15) is 0 Å². The van der Waals surface area contributed by atoms with Gasteiger partial charge < -0.3 is 15.5 Å². The van der Waals surface area contributed by atoms with E-state index >= 15 is 0 Å². The van der Waals surface area contributed by atoms with Crippen LogP contribution in [-0.4, -0.2) is 34.5 Å². The number of aliphatic hydroxyl groups is 2. The molecule has 0 saturated heterocycles. The predicted octanol–water partition coefficient (Wildman–Crippen LogP) is 16.6. The van der Waals surface area contributed by atoms with Crippen LogP contribution in [0.4, 0.5) is 0 Å². The molecule has 3 heteroatoms. The fourth-order valence-corrected chi connectivity index (χ4v) is 14.8. The van der Waals surface area contributed by atoms with Crippen LogP contribution < -0.4 is 5.32 Å². The molecule has 0 heterocycles. The first-order valence-corrected chi connectivity index (χ1v) is 27.4. The second-order valence-corrected chi connectivity index (χ2v) is 25.6. The van der Waals surface area contributed by atoms with Gasteiger partial charge in [0, 0.05) is 6.04 Å². The number of hydrogen-bond acceptors (Lipinski definition) is 3. The lowest BCUT2D eigenvalue weighted by atomic mass is 9.60. The van der Waals surface area contributed by atoms with E-state index in [1.54, 1.807) is 11.1 Å². The second kappa shape index (κ2) is 23.1. The first-order valence-electron chi connectivity index (χ1n) is 27.4. The number of allylic oxidation sites excluding steroid dienone is 8. The number of fused-ring (bicyclic) bond motifs is 2. The zero-order valence-corrected chi connectivity index (χ0v) is 44.2. The van der Waals surface area contributed by atoms with Crippen molar-refractivity contribution >= 4 is 0 Å². The molecule has 0 aliphatic heterocycles. The molecule has 3 nitrogen and oxygen atoms in total. The Balaban J connectivity index is 0.000000243. The topological polar surface area (TPSA) is 52.5 Å². The summed E-state index contributed by atoms with van der Waals surface area (Å²) in [7, 11) is 0. The second-order valence-electron chi connectivity index (χ2n) is 25.6. The van der Waals surface area contributed by atoms with Crippen molar-refractivity contribution in [1.82, 2.24) is 5.32 Å². The summed E-state index contributed by atoms with van der Waals surface area (Å²) in [6.45, 7) is 38.1. The van der Waals surface area contributed by atoms with E-state index in [2.05, 4.69) is 112 Å². The molecule has 0 unspecified atom stereocenters. The van der Waals surface area contributed by atoms with Crippen LogP contribution in [0.15, 0.2) is 70.9 Å². The molecule has 0 spiro atoms. The Bertz CT molecular complexity index is 1660. The summed E-state index contributed by atoms with van der Waals surface area (Å²) in [5.74, 6) is 6.28. The summed E-state index contributed by atoms with van der Waals surface area (Å²) in [5, 5.41) is 24.2. The summed E-state index contributed by atoms with van der Waals surface area (Å²) < 4.78 is 0. The van der Waals surface area contributed by atoms with Gasteiger partial charge in [0.2, 0.25) is 0 Å². The number of aliphatic hydroxyl groups excluding tert-OH is 1. The van der Waals surface area contributed by atoms with Crippen LogP contribution in [0, 0.1) is 63.6 Å². The van der Waals surface area contributed by atoms with Crippen LogP contribution in [0.25, 0.3) is 0 Å². The van der Waals surface area contributed by atoms with Crippen molar-refractivity contribution in [2.75, 3.05) is 6.54 Å². The van der Waals surface area contributed by atoms with Gasteiger partial charge in [-0.1, -0.05) is 150 Å². The molecular formula is C61H103NO2. The van der Waals surface area contributed by atoms with Crippen LogP contribution in [0.1, 0.15) is 224 Å². The number of unbranched alkanes of at least 4 members (excludes halogenated alkanes) is 1. The third kappa shape index (κ3) is 14.0. The van der Waals surface area contributed by atoms with E-state index < -0.39 is 5.60 Å². The maximum absolute atomic E-state index is 10.5. The van der Waals surface area contributed by atoms with Gasteiger partial charge in [-0.3, -0.25) is 0 Å². The molecule has 6 fully saturated rings. The summed E-state index contributed by atoms with van der Waals surface area (Å²) >= 11 is 0. The Morgan fingerprint density at radius 2 is 1.23 bits per heavy atom. The van der Waals surface area contributed by atoms with E-state index in [9.17, 15) is 10.2 Å². The number of hydrogen-bond donors (Lipinski definition) is 3. The molecule has 6 rings (SSSR count). The molecule has 0 radical (unpaired) electrons. The van der Waals surface area contributed by atoms with Crippen LogP contribution >= 0.6 is 0 Å². The summed E-state index contributed by atoms with van der Waals surface area (Å²) in [6.07, 6.45) is 36.9. The molecule has 0 aromatic heterocycles. The van der Waals surface area contributed by atoms with Gasteiger partial charge in [0.1, 0.15) is 0 Å². The third-order valence-electron chi connectivity index (χ3n) is 18.5. The normalized spacial score (nSPS) is 37.2. The number of rotatable bonds is 15. The molecule has 364 valence electrons. The molecule has 0 aromatic rings. The van der Waals surface area contributed by atoms with Gasteiger partial charge in [0.05, 0.1) is 11.7 Å². The van der Waals surface area contributed by atoms with Gasteiger partial charge in [-0.05, 0) is 215 Å². The van der Waals surface area contributed by atoms with Gasteiger partial charge in [0.15, 0.2) is 0 Å². The van der Waals surface area contributed by atoms with Crippen LogP contribution in [0.3, 0.4) is 0 Å². The molecule has 0 amide bonds. The summed E-state index contributed by atoms with van der Waals surface area (Å²) in [5.41, 5.74) is 9.63. The van der Waals surface area contributed by atoms with Gasteiger partial charge in [-0.25, -0.2) is 0 Å². The van der Waals surface area contributed by atoms with E-state index in [0.717, 1.165) is 67.7 Å². The fourth-order valence-electron chi connectivity index (χ4n) is 14.8. The molecule has 6 aliphatic rings. The fraction of sp³-hybridized carbons (Fsp3) is 0.803. The quantitative estimate of drug-likeness (QED) is 0.144. The zero-order chi connectivity index (χ0) is 47.0. The Labute approximate surface area is 397 Å². The lowest BCUT2D eigenvalue weighted by molar-refractivity contribution is 0.0596. The highest BCUT2D eigenvalue weighted by molar-refractivity contribution is 5.40. The van der Waals surface area contributed by atoms with Crippen molar-refractivity contribution in [1.29, 1.82) is 0 Å². The highest BCUT2D eigenvalue weighted by atomic mass is 16.3. The van der Waals surface area contributed by atoms with E-state index in [1.165, 1.54) is 138 Å². The Morgan fingerprint density at radius 1 is 0.719 bits per heavy atom. The van der Waals surface area contributed by atoms with Gasteiger partial charge in [-0.15, -0.1) is 0 Å². The molecule has 0 bridgehead atoms.